The normalized spacial score (nSPS) is 19.9. The molecule has 18 heavy (non-hydrogen) atoms. The molecular formula is C14H21N3O. The molecule has 1 atom stereocenters. The largest absolute Gasteiger partial charge is 0.334 e. The van der Waals surface area contributed by atoms with Crippen LogP contribution in [0.2, 0.25) is 0 Å². The molecule has 3 N–H and O–H groups in total. The van der Waals surface area contributed by atoms with Crippen LogP contribution in [0.4, 0.5) is 10.5 Å². The maximum Gasteiger partial charge on any atom is 0.319 e. The number of carbonyl (C=O) groups is 1. The van der Waals surface area contributed by atoms with Gasteiger partial charge in [-0.15, -0.1) is 0 Å². The summed E-state index contributed by atoms with van der Waals surface area (Å²) >= 11 is 0. The van der Waals surface area contributed by atoms with Gasteiger partial charge in [0.25, 0.3) is 0 Å². The molecule has 1 aliphatic heterocycles. The van der Waals surface area contributed by atoms with E-state index in [0.717, 1.165) is 25.2 Å². The Morgan fingerprint density at radius 2 is 2.06 bits per heavy atom. The van der Waals surface area contributed by atoms with Crippen molar-refractivity contribution in [3.63, 3.8) is 0 Å². The van der Waals surface area contributed by atoms with E-state index in [0.29, 0.717) is 0 Å². The van der Waals surface area contributed by atoms with E-state index in [9.17, 15) is 4.79 Å². The van der Waals surface area contributed by atoms with Gasteiger partial charge in [0.15, 0.2) is 0 Å². The number of nitrogens with one attached hydrogen (secondary N) is 3. The van der Waals surface area contributed by atoms with Gasteiger partial charge in [-0.3, -0.25) is 0 Å². The maximum atomic E-state index is 11.8. The van der Waals surface area contributed by atoms with Gasteiger partial charge in [-0.2, -0.15) is 0 Å². The number of aryl methyl sites for hydroxylation is 1. The highest BCUT2D eigenvalue weighted by molar-refractivity contribution is 5.89. The Kier molecular flexibility index (Phi) is 4.59. The molecule has 1 fully saturated rings. The molecule has 0 aliphatic carbocycles. The number of urea groups is 1. The Morgan fingerprint density at radius 3 is 2.83 bits per heavy atom. The third kappa shape index (κ3) is 4.04. The van der Waals surface area contributed by atoms with Crippen molar-refractivity contribution in [2.24, 2.45) is 0 Å². The lowest BCUT2D eigenvalue weighted by molar-refractivity contribution is 0.247. The second-order valence-corrected chi connectivity index (χ2v) is 4.86. The SMILES string of the molecule is Cc1ccc(NC(=O)NC2CCCCNC2)cc1. The fourth-order valence-electron chi connectivity index (χ4n) is 2.13. The lowest BCUT2D eigenvalue weighted by atomic mass is 10.1. The molecule has 4 nitrogen and oxygen atoms in total. The number of benzene rings is 1. The zero-order valence-corrected chi connectivity index (χ0v) is 10.8. The molecule has 1 saturated heterocycles. The van der Waals surface area contributed by atoms with E-state index in [1.165, 1.54) is 18.4 Å². The van der Waals surface area contributed by atoms with Crippen LogP contribution < -0.4 is 16.0 Å². The van der Waals surface area contributed by atoms with Gasteiger partial charge in [0, 0.05) is 18.3 Å². The van der Waals surface area contributed by atoms with Crippen LogP contribution in [-0.4, -0.2) is 25.2 Å². The predicted molar refractivity (Wildman–Crippen MR) is 73.8 cm³/mol. The van der Waals surface area contributed by atoms with Gasteiger partial charge in [-0.05, 0) is 38.4 Å². The molecule has 2 amide bonds. The number of carbonyl (C=O) groups excluding carboxylic acids is 1. The van der Waals surface area contributed by atoms with Gasteiger partial charge < -0.3 is 16.0 Å². The molecule has 1 aliphatic rings. The van der Waals surface area contributed by atoms with Crippen molar-refractivity contribution >= 4 is 11.7 Å². The fourth-order valence-corrected chi connectivity index (χ4v) is 2.13. The van der Waals surface area contributed by atoms with Crippen molar-refractivity contribution in [3.05, 3.63) is 29.8 Å². The van der Waals surface area contributed by atoms with Gasteiger partial charge in [0.1, 0.15) is 0 Å². The van der Waals surface area contributed by atoms with E-state index in [1.807, 2.05) is 31.2 Å². The standard InChI is InChI=1S/C14H21N3O/c1-11-5-7-12(8-6-11)16-14(18)17-13-4-2-3-9-15-10-13/h5-8,13,15H,2-4,9-10H2,1H3,(H2,16,17,18). The second-order valence-electron chi connectivity index (χ2n) is 4.86. The summed E-state index contributed by atoms with van der Waals surface area (Å²) in [5.74, 6) is 0. The average molecular weight is 247 g/mol. The summed E-state index contributed by atoms with van der Waals surface area (Å²) in [7, 11) is 0. The Balaban J connectivity index is 1.82. The highest BCUT2D eigenvalue weighted by atomic mass is 16.2. The van der Waals surface area contributed by atoms with Crippen molar-refractivity contribution in [2.75, 3.05) is 18.4 Å². The molecule has 4 heteroatoms. The number of amides is 2. The molecule has 0 spiro atoms. The Morgan fingerprint density at radius 1 is 1.28 bits per heavy atom. The minimum atomic E-state index is -0.118. The van der Waals surface area contributed by atoms with Crippen molar-refractivity contribution < 1.29 is 4.79 Å². The van der Waals surface area contributed by atoms with Gasteiger partial charge in [-0.25, -0.2) is 4.79 Å². The lowest BCUT2D eigenvalue weighted by Gasteiger charge is -2.16. The van der Waals surface area contributed by atoms with Gasteiger partial charge in [0.05, 0.1) is 0 Å². The lowest BCUT2D eigenvalue weighted by Crippen LogP contribution is -2.42. The van der Waals surface area contributed by atoms with Crippen LogP contribution in [0.25, 0.3) is 0 Å². The van der Waals surface area contributed by atoms with E-state index in [-0.39, 0.29) is 12.1 Å². The quantitative estimate of drug-likeness (QED) is 0.751. The minimum Gasteiger partial charge on any atom is -0.334 e. The van der Waals surface area contributed by atoms with Crippen molar-refractivity contribution in [1.82, 2.24) is 10.6 Å². The van der Waals surface area contributed by atoms with E-state index >= 15 is 0 Å². The molecule has 1 aromatic rings. The van der Waals surface area contributed by atoms with Crippen LogP contribution in [0.1, 0.15) is 24.8 Å². The number of anilines is 1. The number of rotatable bonds is 2. The minimum absolute atomic E-state index is 0.118. The molecule has 1 heterocycles. The molecule has 0 radical (unpaired) electrons. The average Bonchev–Trinajstić information content (AvgIpc) is 2.61. The third-order valence-corrected chi connectivity index (χ3v) is 3.19. The first kappa shape index (κ1) is 12.9. The second kappa shape index (κ2) is 6.40. The summed E-state index contributed by atoms with van der Waals surface area (Å²) < 4.78 is 0. The smallest absolute Gasteiger partial charge is 0.319 e. The number of hydrogen-bond donors (Lipinski definition) is 3. The molecular weight excluding hydrogens is 226 g/mol. The van der Waals surface area contributed by atoms with Crippen molar-refractivity contribution in [3.8, 4) is 0 Å². The maximum absolute atomic E-state index is 11.8. The van der Waals surface area contributed by atoms with Crippen LogP contribution in [0, 0.1) is 6.92 Å². The van der Waals surface area contributed by atoms with Crippen LogP contribution >= 0.6 is 0 Å². The molecule has 1 unspecified atom stereocenters. The van der Waals surface area contributed by atoms with E-state index in [1.54, 1.807) is 0 Å². The van der Waals surface area contributed by atoms with Crippen LogP contribution in [0.5, 0.6) is 0 Å². The van der Waals surface area contributed by atoms with Crippen molar-refractivity contribution in [2.45, 2.75) is 32.2 Å². The summed E-state index contributed by atoms with van der Waals surface area (Å²) in [6, 6.07) is 7.93. The molecule has 0 bridgehead atoms. The van der Waals surface area contributed by atoms with Gasteiger partial charge >= 0.3 is 6.03 Å². The van der Waals surface area contributed by atoms with E-state index in [4.69, 9.17) is 0 Å². The summed E-state index contributed by atoms with van der Waals surface area (Å²) in [6.45, 7) is 3.94. The molecule has 1 aromatic carbocycles. The molecule has 0 saturated carbocycles. The topological polar surface area (TPSA) is 53.2 Å². The third-order valence-electron chi connectivity index (χ3n) is 3.19. The Bertz CT molecular complexity index is 381. The van der Waals surface area contributed by atoms with Crippen LogP contribution in [-0.2, 0) is 0 Å². The summed E-state index contributed by atoms with van der Waals surface area (Å²) in [5.41, 5.74) is 2.02. The fraction of sp³-hybridized carbons (Fsp3) is 0.500. The zero-order valence-electron chi connectivity index (χ0n) is 10.8. The molecule has 2 rings (SSSR count). The molecule has 0 aromatic heterocycles. The van der Waals surface area contributed by atoms with Crippen molar-refractivity contribution in [1.29, 1.82) is 0 Å². The summed E-state index contributed by atoms with van der Waals surface area (Å²) in [5, 5.41) is 9.20. The highest BCUT2D eigenvalue weighted by Crippen LogP contribution is 2.09. The Hall–Kier alpha value is -1.55. The zero-order chi connectivity index (χ0) is 12.8. The summed E-state index contributed by atoms with van der Waals surface area (Å²) in [6.07, 6.45) is 3.41. The van der Waals surface area contributed by atoms with Gasteiger partial charge in [-0.1, -0.05) is 24.1 Å². The predicted octanol–water partition coefficient (Wildman–Crippen LogP) is 2.26. The van der Waals surface area contributed by atoms with E-state index in [2.05, 4.69) is 16.0 Å². The first-order valence-corrected chi connectivity index (χ1v) is 6.59. The van der Waals surface area contributed by atoms with Crippen LogP contribution in [0.15, 0.2) is 24.3 Å². The highest BCUT2D eigenvalue weighted by Gasteiger charge is 2.14. The monoisotopic (exact) mass is 247 g/mol. The molecule has 98 valence electrons. The van der Waals surface area contributed by atoms with E-state index < -0.39 is 0 Å². The van der Waals surface area contributed by atoms with Gasteiger partial charge in [0.2, 0.25) is 0 Å². The summed E-state index contributed by atoms with van der Waals surface area (Å²) in [4.78, 5) is 11.8. The van der Waals surface area contributed by atoms with Crippen LogP contribution in [0.3, 0.4) is 0 Å². The number of hydrogen-bond acceptors (Lipinski definition) is 2. The first-order valence-electron chi connectivity index (χ1n) is 6.59. The first-order chi connectivity index (χ1) is 8.74. The Labute approximate surface area is 108 Å².